The van der Waals surface area contributed by atoms with Crippen LogP contribution in [0.4, 0.5) is 0 Å². The van der Waals surface area contributed by atoms with Crippen molar-refractivity contribution in [3.63, 3.8) is 0 Å². The summed E-state index contributed by atoms with van der Waals surface area (Å²) in [4.78, 5) is 0.869. The normalized spacial score (nSPS) is 16.6. The minimum atomic E-state index is 0.852. The summed E-state index contributed by atoms with van der Waals surface area (Å²) in [7, 11) is 0. The smallest absolute Gasteiger partial charge is 0.234 e. The molecule has 0 radical (unpaired) electrons. The maximum atomic E-state index is 4.34. The van der Waals surface area contributed by atoms with Gasteiger partial charge < -0.3 is 5.32 Å². The highest BCUT2D eigenvalue weighted by molar-refractivity contribution is 7.16. The molecule has 1 fully saturated rings. The molecule has 0 aromatic carbocycles. The Morgan fingerprint density at radius 3 is 3.29 bits per heavy atom. The first-order valence-electron chi connectivity index (χ1n) is 4.78. The maximum Gasteiger partial charge on any atom is 0.234 e. The van der Waals surface area contributed by atoms with Crippen LogP contribution >= 0.6 is 11.3 Å². The van der Waals surface area contributed by atoms with Crippen molar-refractivity contribution in [2.75, 3.05) is 6.54 Å². The third-order valence-electron chi connectivity index (χ3n) is 2.33. The van der Waals surface area contributed by atoms with E-state index < -0.39 is 0 Å². The molecule has 2 aromatic rings. The zero-order valence-corrected chi connectivity index (χ0v) is 8.50. The van der Waals surface area contributed by atoms with Gasteiger partial charge in [-0.05, 0) is 25.3 Å². The number of aromatic nitrogens is 4. The van der Waals surface area contributed by atoms with Gasteiger partial charge >= 0.3 is 0 Å². The molecule has 1 aliphatic carbocycles. The predicted molar refractivity (Wildman–Crippen MR) is 53.1 cm³/mol. The number of nitrogens with one attached hydrogen (secondary N) is 1. The van der Waals surface area contributed by atoms with Crippen LogP contribution in [0, 0.1) is 5.92 Å². The fourth-order valence-corrected chi connectivity index (χ4v) is 2.16. The minimum Gasteiger partial charge on any atom is -0.310 e. The Bertz CT molecular complexity index is 401. The van der Waals surface area contributed by atoms with E-state index in [-0.39, 0.29) is 0 Å². The molecule has 0 unspecified atom stereocenters. The van der Waals surface area contributed by atoms with Gasteiger partial charge in [0.2, 0.25) is 4.96 Å². The fraction of sp³-hybridized carbons (Fsp3) is 0.625. The molecular formula is C8H11N5S. The van der Waals surface area contributed by atoms with Crippen LogP contribution in [0.2, 0.25) is 0 Å². The Morgan fingerprint density at radius 1 is 1.57 bits per heavy atom. The second-order valence-electron chi connectivity index (χ2n) is 3.63. The van der Waals surface area contributed by atoms with Crippen molar-refractivity contribution in [1.29, 1.82) is 0 Å². The molecule has 1 aliphatic rings. The topological polar surface area (TPSA) is 55.1 Å². The Labute approximate surface area is 85.2 Å². The highest BCUT2D eigenvalue weighted by Gasteiger charge is 2.20. The summed E-state index contributed by atoms with van der Waals surface area (Å²) in [5.41, 5.74) is 0. The van der Waals surface area contributed by atoms with E-state index in [2.05, 4.69) is 20.6 Å². The highest BCUT2D eigenvalue weighted by atomic mass is 32.1. The molecule has 74 valence electrons. The number of hydrogen-bond donors (Lipinski definition) is 1. The van der Waals surface area contributed by atoms with E-state index in [1.807, 2.05) is 0 Å². The first-order valence-corrected chi connectivity index (χ1v) is 5.60. The first-order chi connectivity index (χ1) is 6.92. The highest BCUT2D eigenvalue weighted by Crippen LogP contribution is 2.27. The SMILES string of the molecule is c1nnc2sc(CNCC3CC3)nn12. The van der Waals surface area contributed by atoms with Crippen LogP contribution in [-0.4, -0.2) is 26.4 Å². The summed E-state index contributed by atoms with van der Waals surface area (Å²) in [5, 5.41) is 16.5. The third kappa shape index (κ3) is 1.62. The lowest BCUT2D eigenvalue weighted by Gasteiger charge is -1.97. The average molecular weight is 209 g/mol. The molecule has 3 rings (SSSR count). The van der Waals surface area contributed by atoms with E-state index >= 15 is 0 Å². The zero-order chi connectivity index (χ0) is 9.38. The van der Waals surface area contributed by atoms with Gasteiger partial charge in [0.15, 0.2) is 0 Å². The van der Waals surface area contributed by atoms with Crippen LogP contribution < -0.4 is 5.32 Å². The Kier molecular flexibility index (Phi) is 1.95. The van der Waals surface area contributed by atoms with Crippen LogP contribution in [0.1, 0.15) is 17.8 Å². The molecule has 1 N–H and O–H groups in total. The summed E-state index contributed by atoms with van der Waals surface area (Å²) >= 11 is 1.59. The third-order valence-corrected chi connectivity index (χ3v) is 3.25. The summed E-state index contributed by atoms with van der Waals surface area (Å²) in [5.74, 6) is 0.917. The van der Waals surface area contributed by atoms with Crippen molar-refractivity contribution >= 4 is 16.3 Å². The zero-order valence-electron chi connectivity index (χ0n) is 7.68. The second-order valence-corrected chi connectivity index (χ2v) is 4.67. The van der Waals surface area contributed by atoms with E-state index in [1.165, 1.54) is 12.8 Å². The Hall–Kier alpha value is -1.01. The minimum absolute atomic E-state index is 0.852. The van der Waals surface area contributed by atoms with Gasteiger partial charge in [0, 0.05) is 6.54 Å². The monoisotopic (exact) mass is 209 g/mol. The molecule has 6 heteroatoms. The summed E-state index contributed by atoms with van der Waals surface area (Å²) in [6.07, 6.45) is 4.41. The lowest BCUT2D eigenvalue weighted by atomic mass is 10.4. The van der Waals surface area contributed by atoms with E-state index in [1.54, 1.807) is 22.2 Å². The molecule has 5 nitrogen and oxygen atoms in total. The van der Waals surface area contributed by atoms with Crippen molar-refractivity contribution in [3.05, 3.63) is 11.3 Å². The first kappa shape index (κ1) is 8.31. The van der Waals surface area contributed by atoms with E-state index in [4.69, 9.17) is 0 Å². The number of nitrogens with zero attached hydrogens (tertiary/aromatic N) is 4. The molecule has 14 heavy (non-hydrogen) atoms. The summed E-state index contributed by atoms with van der Waals surface area (Å²) < 4.78 is 1.72. The van der Waals surface area contributed by atoms with Crippen LogP contribution in [0.3, 0.4) is 0 Å². The van der Waals surface area contributed by atoms with Gasteiger partial charge in [0.25, 0.3) is 0 Å². The van der Waals surface area contributed by atoms with Crippen molar-refractivity contribution in [2.24, 2.45) is 5.92 Å². The number of rotatable bonds is 4. The van der Waals surface area contributed by atoms with Crippen molar-refractivity contribution in [2.45, 2.75) is 19.4 Å². The predicted octanol–water partition coefficient (Wildman–Crippen LogP) is 0.685. The fourth-order valence-electron chi connectivity index (χ4n) is 1.38. The lowest BCUT2D eigenvalue weighted by molar-refractivity contribution is 0.631. The van der Waals surface area contributed by atoms with Crippen molar-refractivity contribution in [1.82, 2.24) is 25.1 Å². The molecule has 0 amide bonds. The van der Waals surface area contributed by atoms with E-state index in [0.717, 1.165) is 29.0 Å². The number of hydrogen-bond acceptors (Lipinski definition) is 5. The Balaban J connectivity index is 1.63. The standard InChI is InChI=1S/C8H11N5S/c1-2-6(1)3-9-4-7-12-13-5-10-11-8(13)14-7/h5-6,9H,1-4H2. The van der Waals surface area contributed by atoms with Gasteiger partial charge in [0.1, 0.15) is 11.3 Å². The molecular weight excluding hydrogens is 198 g/mol. The molecule has 2 aromatic heterocycles. The van der Waals surface area contributed by atoms with Gasteiger partial charge in [-0.25, -0.2) is 0 Å². The molecule has 0 spiro atoms. The van der Waals surface area contributed by atoms with Crippen LogP contribution in [0.15, 0.2) is 6.33 Å². The molecule has 0 saturated heterocycles. The van der Waals surface area contributed by atoms with Crippen molar-refractivity contribution in [3.8, 4) is 0 Å². The van der Waals surface area contributed by atoms with Gasteiger partial charge in [0.05, 0.1) is 0 Å². The van der Waals surface area contributed by atoms with Crippen molar-refractivity contribution < 1.29 is 0 Å². The van der Waals surface area contributed by atoms with Crippen LogP contribution in [0.5, 0.6) is 0 Å². The van der Waals surface area contributed by atoms with Gasteiger partial charge in [-0.15, -0.1) is 10.2 Å². The molecule has 2 heterocycles. The number of fused-ring (bicyclic) bond motifs is 1. The van der Waals surface area contributed by atoms with E-state index in [0.29, 0.717) is 0 Å². The van der Waals surface area contributed by atoms with E-state index in [9.17, 15) is 0 Å². The average Bonchev–Trinajstić information content (AvgIpc) is 2.73. The molecule has 0 bridgehead atoms. The van der Waals surface area contributed by atoms with Gasteiger partial charge in [-0.1, -0.05) is 11.3 Å². The van der Waals surface area contributed by atoms with Gasteiger partial charge in [-0.3, -0.25) is 0 Å². The lowest BCUT2D eigenvalue weighted by Crippen LogP contribution is -2.16. The quantitative estimate of drug-likeness (QED) is 0.804. The van der Waals surface area contributed by atoms with Crippen LogP contribution in [0.25, 0.3) is 4.96 Å². The summed E-state index contributed by atoms with van der Waals surface area (Å²) in [6.45, 7) is 1.98. The van der Waals surface area contributed by atoms with Crippen LogP contribution in [-0.2, 0) is 6.54 Å². The maximum absolute atomic E-state index is 4.34. The largest absolute Gasteiger partial charge is 0.310 e. The van der Waals surface area contributed by atoms with Gasteiger partial charge in [-0.2, -0.15) is 9.61 Å². The molecule has 0 atom stereocenters. The Morgan fingerprint density at radius 2 is 2.50 bits per heavy atom. The molecule has 0 aliphatic heterocycles. The summed E-state index contributed by atoms with van der Waals surface area (Å²) in [6, 6.07) is 0. The second kappa shape index (κ2) is 3.29. The molecule has 1 saturated carbocycles.